The van der Waals surface area contributed by atoms with Crippen molar-refractivity contribution in [3.63, 3.8) is 0 Å². The van der Waals surface area contributed by atoms with Gasteiger partial charge in [-0.3, -0.25) is 9.78 Å². The van der Waals surface area contributed by atoms with Crippen LogP contribution in [0.3, 0.4) is 0 Å². The Kier molecular flexibility index (Phi) is 4.85. The van der Waals surface area contributed by atoms with Crippen LogP contribution in [0.4, 0.5) is 13.2 Å². The molecule has 0 saturated heterocycles. The number of halogens is 4. The van der Waals surface area contributed by atoms with E-state index in [0.717, 1.165) is 12.1 Å². The van der Waals surface area contributed by atoms with Crippen LogP contribution < -0.4 is 0 Å². The first-order valence-corrected chi connectivity index (χ1v) is 7.09. The molecule has 0 aliphatic rings. The highest BCUT2D eigenvalue weighted by molar-refractivity contribution is 9.10. The summed E-state index contributed by atoms with van der Waals surface area (Å²) in [5, 5.41) is 0. The third kappa shape index (κ3) is 4.07. The van der Waals surface area contributed by atoms with Crippen molar-refractivity contribution in [1.82, 2.24) is 9.88 Å². The predicted octanol–water partition coefficient (Wildman–Crippen LogP) is 4.14. The number of nitrogens with zero attached hydrogens (tertiary/aromatic N) is 2. The van der Waals surface area contributed by atoms with E-state index in [1.54, 1.807) is 19.3 Å². The molecule has 2 aromatic rings. The molecule has 0 fully saturated rings. The molecular weight excluding hydrogens is 361 g/mol. The third-order valence-electron chi connectivity index (χ3n) is 3.00. The van der Waals surface area contributed by atoms with Crippen molar-refractivity contribution < 1.29 is 18.0 Å². The van der Waals surface area contributed by atoms with Crippen molar-refractivity contribution in [2.75, 3.05) is 7.05 Å². The average Bonchev–Trinajstić information content (AvgIpc) is 2.46. The lowest BCUT2D eigenvalue weighted by Gasteiger charge is -2.17. The van der Waals surface area contributed by atoms with Gasteiger partial charge in [0.15, 0.2) is 0 Å². The van der Waals surface area contributed by atoms with Gasteiger partial charge in [0, 0.05) is 30.5 Å². The second-order valence-corrected chi connectivity index (χ2v) is 5.66. The molecule has 3 nitrogen and oxygen atoms in total. The summed E-state index contributed by atoms with van der Waals surface area (Å²) >= 11 is 3.23. The third-order valence-corrected chi connectivity index (χ3v) is 3.43. The van der Waals surface area contributed by atoms with Crippen molar-refractivity contribution in [2.45, 2.75) is 12.7 Å². The van der Waals surface area contributed by atoms with Gasteiger partial charge in [-0.15, -0.1) is 0 Å². The number of hydrogen-bond acceptors (Lipinski definition) is 2. The minimum Gasteiger partial charge on any atom is -0.337 e. The van der Waals surface area contributed by atoms with E-state index < -0.39 is 11.7 Å². The lowest BCUT2D eigenvalue weighted by Crippen LogP contribution is -2.26. The Morgan fingerprint density at radius 2 is 1.86 bits per heavy atom. The maximum Gasteiger partial charge on any atom is 0.416 e. The summed E-state index contributed by atoms with van der Waals surface area (Å²) in [5.41, 5.74) is 0.317. The molecule has 0 spiro atoms. The molecule has 1 heterocycles. The summed E-state index contributed by atoms with van der Waals surface area (Å²) in [7, 11) is 1.58. The number of carbonyl (C=O) groups is 1. The van der Waals surface area contributed by atoms with Crippen LogP contribution in [0.5, 0.6) is 0 Å². The smallest absolute Gasteiger partial charge is 0.337 e. The molecule has 0 atom stereocenters. The minimum atomic E-state index is -4.36. The Balaban J connectivity index is 2.08. The summed E-state index contributed by atoms with van der Waals surface area (Å²) in [5.74, 6) is -0.256. The van der Waals surface area contributed by atoms with E-state index in [4.69, 9.17) is 0 Å². The molecule has 0 aliphatic heterocycles. The van der Waals surface area contributed by atoms with E-state index in [-0.39, 0.29) is 12.5 Å². The quantitative estimate of drug-likeness (QED) is 0.811. The Morgan fingerprint density at radius 3 is 2.41 bits per heavy atom. The Labute approximate surface area is 133 Å². The number of amides is 1. The molecule has 116 valence electrons. The normalized spacial score (nSPS) is 11.3. The first-order chi connectivity index (χ1) is 10.3. The molecule has 1 amide bonds. The van der Waals surface area contributed by atoms with E-state index in [9.17, 15) is 18.0 Å². The molecule has 22 heavy (non-hydrogen) atoms. The van der Waals surface area contributed by atoms with E-state index in [0.29, 0.717) is 15.6 Å². The molecule has 1 aromatic heterocycles. The molecule has 2 rings (SSSR count). The molecule has 7 heteroatoms. The van der Waals surface area contributed by atoms with Gasteiger partial charge in [0.1, 0.15) is 0 Å². The van der Waals surface area contributed by atoms with Gasteiger partial charge in [-0.1, -0.05) is 12.1 Å². The van der Waals surface area contributed by atoms with Crippen molar-refractivity contribution in [1.29, 1.82) is 0 Å². The summed E-state index contributed by atoms with van der Waals surface area (Å²) in [6.07, 6.45) is -1.36. The van der Waals surface area contributed by atoms with Crippen LogP contribution in [0.25, 0.3) is 0 Å². The van der Waals surface area contributed by atoms with Crippen LogP contribution in [-0.4, -0.2) is 22.8 Å². The van der Waals surface area contributed by atoms with Gasteiger partial charge >= 0.3 is 6.18 Å². The van der Waals surface area contributed by atoms with Gasteiger partial charge in [-0.25, -0.2) is 0 Å². The SMILES string of the molecule is CN(Cc1ccc(C(F)(F)F)cc1)C(=O)c1cncc(Br)c1. The maximum atomic E-state index is 12.5. The Morgan fingerprint density at radius 1 is 1.23 bits per heavy atom. The minimum absolute atomic E-state index is 0.212. The fourth-order valence-electron chi connectivity index (χ4n) is 1.89. The number of hydrogen-bond donors (Lipinski definition) is 0. The molecule has 0 unspecified atom stereocenters. The number of benzene rings is 1. The summed E-state index contributed by atoms with van der Waals surface area (Å²) < 4.78 is 38.2. The molecule has 0 aliphatic carbocycles. The van der Waals surface area contributed by atoms with Gasteiger partial charge < -0.3 is 4.90 Å². The van der Waals surface area contributed by atoms with Gasteiger partial charge in [0.25, 0.3) is 5.91 Å². The monoisotopic (exact) mass is 372 g/mol. The number of aromatic nitrogens is 1. The van der Waals surface area contributed by atoms with E-state index in [1.165, 1.54) is 23.2 Å². The lowest BCUT2D eigenvalue weighted by molar-refractivity contribution is -0.137. The molecule has 0 saturated carbocycles. The second-order valence-electron chi connectivity index (χ2n) is 4.75. The predicted molar refractivity (Wildman–Crippen MR) is 79.2 cm³/mol. The molecular formula is C15H12BrF3N2O. The molecule has 1 aromatic carbocycles. The largest absolute Gasteiger partial charge is 0.416 e. The topological polar surface area (TPSA) is 33.2 Å². The van der Waals surface area contributed by atoms with E-state index >= 15 is 0 Å². The molecule has 0 radical (unpaired) electrons. The summed E-state index contributed by atoms with van der Waals surface area (Å²) in [6, 6.07) is 6.39. The van der Waals surface area contributed by atoms with Gasteiger partial charge in [0.05, 0.1) is 11.1 Å². The van der Waals surface area contributed by atoms with Crippen LogP contribution in [0, 0.1) is 0 Å². The number of alkyl halides is 3. The standard InChI is InChI=1S/C15H12BrF3N2O/c1-21(14(22)11-6-13(16)8-20-7-11)9-10-2-4-12(5-3-10)15(17,18)19/h2-8H,9H2,1H3. The Bertz CT molecular complexity index is 671. The van der Waals surface area contributed by atoms with Crippen molar-refractivity contribution >= 4 is 21.8 Å². The highest BCUT2D eigenvalue weighted by atomic mass is 79.9. The first-order valence-electron chi connectivity index (χ1n) is 6.29. The maximum absolute atomic E-state index is 12.5. The van der Waals surface area contributed by atoms with Crippen molar-refractivity contribution in [2.24, 2.45) is 0 Å². The van der Waals surface area contributed by atoms with Crippen LogP contribution in [-0.2, 0) is 12.7 Å². The van der Waals surface area contributed by atoms with Crippen LogP contribution >= 0.6 is 15.9 Å². The van der Waals surface area contributed by atoms with Crippen LogP contribution in [0.1, 0.15) is 21.5 Å². The van der Waals surface area contributed by atoms with Crippen LogP contribution in [0.15, 0.2) is 47.2 Å². The van der Waals surface area contributed by atoms with Crippen molar-refractivity contribution in [3.05, 3.63) is 63.9 Å². The summed E-state index contributed by atoms with van der Waals surface area (Å²) in [6.45, 7) is 0.212. The Hall–Kier alpha value is -1.89. The van der Waals surface area contributed by atoms with Crippen LogP contribution in [0.2, 0.25) is 0 Å². The fraction of sp³-hybridized carbons (Fsp3) is 0.200. The number of carbonyl (C=O) groups excluding carboxylic acids is 1. The zero-order chi connectivity index (χ0) is 16.3. The fourth-order valence-corrected chi connectivity index (χ4v) is 2.26. The van der Waals surface area contributed by atoms with Gasteiger partial charge in [-0.2, -0.15) is 13.2 Å². The number of rotatable bonds is 3. The number of pyridine rings is 1. The molecule has 0 N–H and O–H groups in total. The summed E-state index contributed by atoms with van der Waals surface area (Å²) in [4.78, 5) is 17.5. The average molecular weight is 373 g/mol. The lowest BCUT2D eigenvalue weighted by atomic mass is 10.1. The zero-order valence-electron chi connectivity index (χ0n) is 11.6. The van der Waals surface area contributed by atoms with Crippen molar-refractivity contribution in [3.8, 4) is 0 Å². The van der Waals surface area contributed by atoms with Gasteiger partial charge in [0.2, 0.25) is 0 Å². The van der Waals surface area contributed by atoms with Gasteiger partial charge in [-0.05, 0) is 39.7 Å². The highest BCUT2D eigenvalue weighted by Crippen LogP contribution is 2.29. The zero-order valence-corrected chi connectivity index (χ0v) is 13.1. The first kappa shape index (κ1) is 16.5. The van der Waals surface area contributed by atoms with E-state index in [2.05, 4.69) is 20.9 Å². The molecule has 0 bridgehead atoms. The highest BCUT2D eigenvalue weighted by Gasteiger charge is 2.30. The van der Waals surface area contributed by atoms with E-state index in [1.807, 2.05) is 0 Å². The second kappa shape index (κ2) is 6.48.